The number of aromatic nitrogens is 5. The number of ether oxygens (including phenoxy) is 2. The van der Waals surface area contributed by atoms with Gasteiger partial charge in [-0.2, -0.15) is 18.3 Å². The normalized spacial score (nSPS) is 19.0. The van der Waals surface area contributed by atoms with Crippen LogP contribution in [0.25, 0.3) is 5.65 Å². The summed E-state index contributed by atoms with van der Waals surface area (Å²) >= 11 is 0. The van der Waals surface area contributed by atoms with Gasteiger partial charge in [0.2, 0.25) is 5.69 Å². The zero-order valence-corrected chi connectivity index (χ0v) is 26.6. The molecule has 0 radical (unpaired) electrons. The number of halogens is 5. The fraction of sp³-hybridized carbons (Fsp3) is 0.583. The Hall–Kier alpha value is -3.83. The lowest BCUT2D eigenvalue weighted by Crippen LogP contribution is -2.83. The van der Waals surface area contributed by atoms with Crippen molar-refractivity contribution in [3.8, 4) is 5.88 Å². The van der Waals surface area contributed by atoms with Gasteiger partial charge in [0.1, 0.15) is 31.4 Å². The molecule has 22 heteroatoms. The molecule has 1 aliphatic heterocycles. The summed E-state index contributed by atoms with van der Waals surface area (Å²) in [7, 11) is 7.62. The Labute approximate surface area is 264 Å². The summed E-state index contributed by atoms with van der Waals surface area (Å²) < 4.78 is 88.6. The number of imidazole rings is 1. The predicted molar refractivity (Wildman–Crippen MR) is 163 cm³/mol. The van der Waals surface area contributed by atoms with Gasteiger partial charge in [0.05, 0.1) is 49.3 Å². The van der Waals surface area contributed by atoms with Crippen LogP contribution in [0.5, 0.6) is 5.88 Å². The van der Waals surface area contributed by atoms with E-state index in [1.54, 1.807) is 0 Å². The van der Waals surface area contributed by atoms with Crippen LogP contribution >= 0.6 is 0 Å². The third-order valence-corrected chi connectivity index (χ3v) is 8.53. The maximum Gasteiger partial charge on any atom is 0.393 e. The number of hydrogen-bond donors (Lipinski definition) is 2. The second kappa shape index (κ2) is 12.1. The molecule has 246 valence electrons. The quantitative estimate of drug-likeness (QED) is 0.200. The Morgan fingerprint density at radius 3 is 2.46 bits per heavy atom. The van der Waals surface area contributed by atoms with Gasteiger partial charge in [-0.1, -0.05) is 13.8 Å². The predicted octanol–water partition coefficient (Wildman–Crippen LogP) is -0.851. The summed E-state index contributed by atoms with van der Waals surface area (Å²) in [5.41, 5.74) is -1.79. The van der Waals surface area contributed by atoms with Crippen molar-refractivity contribution in [1.29, 1.82) is 0 Å². The lowest BCUT2D eigenvalue weighted by atomic mass is 9.43. The zero-order chi connectivity index (χ0) is 34.5. The standard InChI is InChI=1S/C24H33B4F5N8O5/c1-20(2,24(31,32)33)6-5-12(36-17(42)16-18(45-4)39-46-38-16)13-9-40-15(35-13)7-11(8-34-40)14(10-44-3)41-19(43)37-22(25,26)21(29,30)23(41,27)28/h7-9,12,14H,5-6,10,25-28H2,1-4H3,(H,36,42)(H,37,43). The first-order valence-corrected chi connectivity index (χ1v) is 14.3. The summed E-state index contributed by atoms with van der Waals surface area (Å²) in [6.45, 7) is 1.93. The third kappa shape index (κ3) is 6.14. The molecule has 3 aromatic rings. The van der Waals surface area contributed by atoms with E-state index in [0.717, 1.165) is 18.7 Å². The van der Waals surface area contributed by atoms with E-state index in [2.05, 4.69) is 35.7 Å². The molecule has 2 atom stereocenters. The summed E-state index contributed by atoms with van der Waals surface area (Å²) in [5.74, 6) is -4.44. The molecule has 3 amide bonds. The second-order valence-corrected chi connectivity index (χ2v) is 12.9. The molecular formula is C24H33B4F5N8O5. The zero-order valence-electron chi connectivity index (χ0n) is 26.6. The van der Waals surface area contributed by atoms with Gasteiger partial charge in [-0.3, -0.25) is 4.79 Å². The number of rotatable bonds is 11. The molecule has 0 spiro atoms. The van der Waals surface area contributed by atoms with Gasteiger partial charge in [0, 0.05) is 23.3 Å². The highest BCUT2D eigenvalue weighted by Crippen LogP contribution is 2.44. The molecular weight excluding hydrogens is 619 g/mol. The first-order chi connectivity index (χ1) is 21.2. The fourth-order valence-electron chi connectivity index (χ4n) is 5.47. The Kier molecular flexibility index (Phi) is 9.20. The lowest BCUT2D eigenvalue weighted by molar-refractivity contribution is -0.214. The van der Waals surface area contributed by atoms with Crippen molar-refractivity contribution < 1.29 is 45.6 Å². The van der Waals surface area contributed by atoms with E-state index in [-0.39, 0.29) is 42.4 Å². The van der Waals surface area contributed by atoms with E-state index in [4.69, 9.17) is 9.47 Å². The van der Waals surface area contributed by atoms with E-state index in [1.807, 2.05) is 0 Å². The molecule has 1 fully saturated rings. The Balaban J connectivity index is 1.72. The number of alkyl halides is 5. The van der Waals surface area contributed by atoms with Crippen LogP contribution in [-0.2, 0) is 4.74 Å². The monoisotopic (exact) mass is 652 g/mol. The Morgan fingerprint density at radius 2 is 1.85 bits per heavy atom. The van der Waals surface area contributed by atoms with E-state index in [0.29, 0.717) is 5.56 Å². The van der Waals surface area contributed by atoms with E-state index >= 15 is 8.78 Å². The minimum atomic E-state index is -4.52. The van der Waals surface area contributed by atoms with Gasteiger partial charge in [0.25, 0.3) is 17.7 Å². The molecule has 2 N–H and O–H groups in total. The van der Waals surface area contributed by atoms with Crippen LogP contribution in [0, 0.1) is 5.41 Å². The van der Waals surface area contributed by atoms with E-state index in [9.17, 15) is 22.8 Å². The van der Waals surface area contributed by atoms with Crippen LogP contribution in [-0.4, -0.2) is 117 Å². The van der Waals surface area contributed by atoms with Crippen molar-refractivity contribution in [3.05, 3.63) is 35.4 Å². The molecule has 2 unspecified atom stereocenters. The molecule has 0 aliphatic carbocycles. The Bertz CT molecular complexity index is 1600. The van der Waals surface area contributed by atoms with Crippen LogP contribution in [0.15, 0.2) is 23.1 Å². The molecule has 0 aromatic carbocycles. The SMILES string of the molecule is BC1(B)NC(=O)N(C(COC)c2cnn3cc(C(CCC(C)(C)C(F)(F)F)NC(=O)c4nonc4OC)nc3c2)C(B)(B)C1(F)F. The smallest absolute Gasteiger partial charge is 0.393 e. The molecule has 46 heavy (non-hydrogen) atoms. The first kappa shape index (κ1) is 35.0. The minimum absolute atomic E-state index is 0.152. The van der Waals surface area contributed by atoms with Gasteiger partial charge in [-0.25, -0.2) is 27.7 Å². The van der Waals surface area contributed by atoms with Gasteiger partial charge < -0.3 is 25.0 Å². The molecule has 1 saturated heterocycles. The van der Waals surface area contributed by atoms with Crippen LogP contribution in [0.2, 0.25) is 0 Å². The number of nitrogens with one attached hydrogen (secondary N) is 2. The summed E-state index contributed by atoms with van der Waals surface area (Å²) in [6.07, 6.45) is -2.32. The maximum atomic E-state index is 15.7. The van der Waals surface area contributed by atoms with Crippen molar-refractivity contribution in [3.63, 3.8) is 0 Å². The number of amides is 3. The van der Waals surface area contributed by atoms with Crippen molar-refractivity contribution in [2.45, 2.75) is 61.5 Å². The highest BCUT2D eigenvalue weighted by atomic mass is 19.4. The average molecular weight is 652 g/mol. The number of methoxy groups -OCH3 is 2. The van der Waals surface area contributed by atoms with Crippen LogP contribution in [0.3, 0.4) is 0 Å². The van der Waals surface area contributed by atoms with Crippen LogP contribution < -0.4 is 15.4 Å². The van der Waals surface area contributed by atoms with Crippen molar-refractivity contribution >= 4 is 49.0 Å². The number of nitrogens with zero attached hydrogens (tertiary/aromatic N) is 6. The summed E-state index contributed by atoms with van der Waals surface area (Å²) in [4.78, 5) is 31.8. The number of fused-ring (bicyclic) bond motifs is 1. The number of carbonyl (C=O) groups is 2. The van der Waals surface area contributed by atoms with Crippen molar-refractivity contribution in [2.75, 3.05) is 20.8 Å². The lowest BCUT2D eigenvalue weighted by Gasteiger charge is -2.57. The highest BCUT2D eigenvalue weighted by Gasteiger charge is 2.65. The van der Waals surface area contributed by atoms with Crippen LogP contribution in [0.1, 0.15) is 60.5 Å². The molecule has 13 nitrogen and oxygen atoms in total. The Morgan fingerprint density at radius 1 is 1.17 bits per heavy atom. The third-order valence-electron chi connectivity index (χ3n) is 8.53. The van der Waals surface area contributed by atoms with Gasteiger partial charge in [0.15, 0.2) is 5.65 Å². The first-order valence-electron chi connectivity index (χ1n) is 14.3. The number of carbonyl (C=O) groups excluding carboxylic acids is 2. The average Bonchev–Trinajstić information content (AvgIpc) is 3.60. The molecule has 4 heterocycles. The van der Waals surface area contributed by atoms with E-state index in [1.165, 1.54) is 68.6 Å². The van der Waals surface area contributed by atoms with Crippen molar-refractivity contribution in [2.24, 2.45) is 5.41 Å². The van der Waals surface area contributed by atoms with Gasteiger partial charge in [-0.05, 0) is 29.2 Å². The summed E-state index contributed by atoms with van der Waals surface area (Å²) in [6, 6.07) is -1.33. The van der Waals surface area contributed by atoms with E-state index < -0.39 is 52.2 Å². The second-order valence-electron chi connectivity index (χ2n) is 12.9. The number of urea groups is 1. The largest absolute Gasteiger partial charge is 0.477 e. The van der Waals surface area contributed by atoms with Crippen LogP contribution in [0.4, 0.5) is 26.7 Å². The topological polar surface area (TPSA) is 149 Å². The molecule has 0 saturated carbocycles. The maximum absolute atomic E-state index is 15.7. The minimum Gasteiger partial charge on any atom is -0.477 e. The molecule has 3 aromatic heterocycles. The number of hydrogen-bond acceptors (Lipinski definition) is 9. The fourth-order valence-corrected chi connectivity index (χ4v) is 5.47. The molecule has 0 bridgehead atoms. The van der Waals surface area contributed by atoms with Gasteiger partial charge in [-0.15, -0.1) is 0 Å². The molecule has 1 aliphatic rings. The highest BCUT2D eigenvalue weighted by molar-refractivity contribution is 6.48. The molecule has 4 rings (SSSR count). The summed E-state index contributed by atoms with van der Waals surface area (Å²) in [5, 5.41) is 12.5. The van der Waals surface area contributed by atoms with Crippen molar-refractivity contribution in [1.82, 2.24) is 40.4 Å². The van der Waals surface area contributed by atoms with Gasteiger partial charge >= 0.3 is 12.2 Å².